The number of imidazole rings is 1. The third-order valence-corrected chi connectivity index (χ3v) is 1.31. The molecule has 1 heterocycles. The van der Waals surface area contributed by atoms with Crippen LogP contribution in [-0.2, 0) is 7.05 Å². The van der Waals surface area contributed by atoms with Gasteiger partial charge in [-0.1, -0.05) is 5.92 Å². The van der Waals surface area contributed by atoms with E-state index in [4.69, 9.17) is 5.11 Å². The zero-order chi connectivity index (χ0) is 8.43. The van der Waals surface area contributed by atoms with Gasteiger partial charge in [-0.05, 0) is 6.92 Å². The van der Waals surface area contributed by atoms with E-state index >= 15 is 0 Å². The summed E-state index contributed by atoms with van der Waals surface area (Å²) in [5, 5.41) is 9.02. The summed E-state index contributed by atoms with van der Waals surface area (Å²) >= 11 is 0. The standard InChI is InChI=1S/C7H8N2O2/c1-3-4-9-5-6(10)8(2)7(9)11/h5,10H,1-2H3. The molecule has 4 heteroatoms. The largest absolute Gasteiger partial charge is 0.493 e. The Kier molecular flexibility index (Phi) is 1.73. The molecule has 11 heavy (non-hydrogen) atoms. The van der Waals surface area contributed by atoms with Crippen molar-refractivity contribution in [1.29, 1.82) is 0 Å². The van der Waals surface area contributed by atoms with Crippen molar-refractivity contribution in [3.8, 4) is 17.8 Å². The number of rotatable bonds is 0. The van der Waals surface area contributed by atoms with Gasteiger partial charge in [0.15, 0.2) is 0 Å². The van der Waals surface area contributed by atoms with E-state index in [1.165, 1.54) is 13.2 Å². The molecule has 0 amide bonds. The van der Waals surface area contributed by atoms with Gasteiger partial charge in [-0.2, -0.15) is 0 Å². The first-order chi connectivity index (χ1) is 5.16. The molecule has 1 N–H and O–H groups in total. The average molecular weight is 152 g/mol. The van der Waals surface area contributed by atoms with Crippen LogP contribution in [-0.4, -0.2) is 14.2 Å². The highest BCUT2D eigenvalue weighted by Gasteiger charge is 2.02. The Hall–Kier alpha value is -1.63. The Bertz CT molecular complexity index is 375. The molecule has 0 aromatic carbocycles. The fraction of sp³-hybridized carbons (Fsp3) is 0.286. The van der Waals surface area contributed by atoms with Gasteiger partial charge in [0.25, 0.3) is 0 Å². The number of aromatic nitrogens is 2. The second-order valence-electron chi connectivity index (χ2n) is 2.06. The zero-order valence-corrected chi connectivity index (χ0v) is 6.33. The normalized spacial score (nSPS) is 8.91. The van der Waals surface area contributed by atoms with Crippen LogP contribution in [0.25, 0.3) is 0 Å². The summed E-state index contributed by atoms with van der Waals surface area (Å²) in [7, 11) is 1.48. The fourth-order valence-corrected chi connectivity index (χ4v) is 0.717. The van der Waals surface area contributed by atoms with Crippen LogP contribution in [0.2, 0.25) is 0 Å². The van der Waals surface area contributed by atoms with Gasteiger partial charge >= 0.3 is 5.69 Å². The molecular formula is C7H8N2O2. The van der Waals surface area contributed by atoms with Crippen molar-refractivity contribution in [1.82, 2.24) is 9.13 Å². The van der Waals surface area contributed by atoms with E-state index in [2.05, 4.69) is 12.0 Å². The quantitative estimate of drug-likeness (QED) is 0.520. The van der Waals surface area contributed by atoms with Gasteiger partial charge in [-0.15, -0.1) is 0 Å². The fourth-order valence-electron chi connectivity index (χ4n) is 0.717. The van der Waals surface area contributed by atoms with Crippen molar-refractivity contribution in [2.45, 2.75) is 6.92 Å². The Labute approximate surface area is 63.7 Å². The smallest absolute Gasteiger partial charge is 0.342 e. The maximum atomic E-state index is 11.0. The predicted molar refractivity (Wildman–Crippen MR) is 40.2 cm³/mol. The number of hydrogen-bond acceptors (Lipinski definition) is 2. The lowest BCUT2D eigenvalue weighted by atomic mass is 10.7. The molecular weight excluding hydrogens is 144 g/mol. The highest BCUT2D eigenvalue weighted by Crippen LogP contribution is 2.00. The van der Waals surface area contributed by atoms with Crippen molar-refractivity contribution in [3.05, 3.63) is 16.7 Å². The summed E-state index contributed by atoms with van der Waals surface area (Å²) < 4.78 is 2.25. The van der Waals surface area contributed by atoms with Gasteiger partial charge in [-0.3, -0.25) is 4.57 Å². The minimum atomic E-state index is -0.336. The molecule has 0 saturated heterocycles. The van der Waals surface area contributed by atoms with Crippen LogP contribution in [0.1, 0.15) is 6.92 Å². The maximum absolute atomic E-state index is 11.0. The molecule has 4 nitrogen and oxygen atoms in total. The van der Waals surface area contributed by atoms with Gasteiger partial charge in [0.1, 0.15) is 0 Å². The van der Waals surface area contributed by atoms with Gasteiger partial charge in [-0.25, -0.2) is 9.36 Å². The summed E-state index contributed by atoms with van der Waals surface area (Å²) in [5.41, 5.74) is -0.336. The minimum absolute atomic E-state index is 0.0854. The molecule has 0 unspecified atom stereocenters. The molecule has 1 aromatic heterocycles. The number of nitrogens with zero attached hydrogens (tertiary/aromatic N) is 2. The highest BCUT2D eigenvalue weighted by atomic mass is 16.3. The second-order valence-corrected chi connectivity index (χ2v) is 2.06. The van der Waals surface area contributed by atoms with Gasteiger partial charge in [0.2, 0.25) is 5.88 Å². The van der Waals surface area contributed by atoms with E-state index in [0.717, 1.165) is 9.13 Å². The molecule has 0 aliphatic rings. The molecule has 0 aliphatic carbocycles. The van der Waals surface area contributed by atoms with Crippen LogP contribution >= 0.6 is 0 Å². The predicted octanol–water partition coefficient (Wildman–Crippen LogP) is -0.279. The lowest BCUT2D eigenvalue weighted by Crippen LogP contribution is -2.19. The zero-order valence-electron chi connectivity index (χ0n) is 6.33. The summed E-state index contributed by atoms with van der Waals surface area (Å²) in [5.74, 6) is 2.47. The molecule has 1 aromatic rings. The Balaban J connectivity index is 3.38. The van der Waals surface area contributed by atoms with Crippen molar-refractivity contribution in [2.75, 3.05) is 0 Å². The monoisotopic (exact) mass is 152 g/mol. The summed E-state index contributed by atoms with van der Waals surface area (Å²) in [6.45, 7) is 1.62. The number of aromatic hydroxyl groups is 1. The first-order valence-electron chi connectivity index (χ1n) is 3.07. The lowest BCUT2D eigenvalue weighted by molar-refractivity contribution is 0.429. The molecule has 0 aliphatic heterocycles. The highest BCUT2D eigenvalue weighted by molar-refractivity contribution is 5.11. The van der Waals surface area contributed by atoms with E-state index in [9.17, 15) is 4.79 Å². The van der Waals surface area contributed by atoms with Gasteiger partial charge < -0.3 is 5.11 Å². The molecule has 0 fully saturated rings. The molecule has 1 rings (SSSR count). The lowest BCUT2D eigenvalue weighted by Gasteiger charge is -1.85. The van der Waals surface area contributed by atoms with E-state index < -0.39 is 0 Å². The van der Waals surface area contributed by atoms with Crippen molar-refractivity contribution in [2.24, 2.45) is 7.05 Å². The third kappa shape index (κ3) is 1.13. The van der Waals surface area contributed by atoms with Crippen molar-refractivity contribution in [3.63, 3.8) is 0 Å². The van der Waals surface area contributed by atoms with Gasteiger partial charge in [0.05, 0.1) is 6.20 Å². The van der Waals surface area contributed by atoms with Crippen LogP contribution in [0.3, 0.4) is 0 Å². The molecule has 0 atom stereocenters. The van der Waals surface area contributed by atoms with Crippen LogP contribution in [0.4, 0.5) is 0 Å². The van der Waals surface area contributed by atoms with Gasteiger partial charge in [0, 0.05) is 13.1 Å². The summed E-state index contributed by atoms with van der Waals surface area (Å²) in [6, 6.07) is 2.51. The van der Waals surface area contributed by atoms with Crippen molar-refractivity contribution < 1.29 is 5.11 Å². The van der Waals surface area contributed by atoms with E-state index in [1.54, 1.807) is 6.92 Å². The van der Waals surface area contributed by atoms with E-state index in [-0.39, 0.29) is 11.6 Å². The first kappa shape index (κ1) is 7.48. The summed E-state index contributed by atoms with van der Waals surface area (Å²) in [6.07, 6.45) is 1.28. The molecule has 0 radical (unpaired) electrons. The van der Waals surface area contributed by atoms with Crippen LogP contribution in [0.5, 0.6) is 5.88 Å². The number of hydrogen-bond donors (Lipinski definition) is 1. The third-order valence-electron chi connectivity index (χ3n) is 1.31. The maximum Gasteiger partial charge on any atom is 0.342 e. The molecule has 0 spiro atoms. The minimum Gasteiger partial charge on any atom is -0.493 e. The van der Waals surface area contributed by atoms with Crippen LogP contribution in [0, 0.1) is 12.0 Å². The topological polar surface area (TPSA) is 47.2 Å². The molecule has 0 bridgehead atoms. The Morgan fingerprint density at radius 3 is 2.64 bits per heavy atom. The Morgan fingerprint density at radius 2 is 2.27 bits per heavy atom. The average Bonchev–Trinajstić information content (AvgIpc) is 2.19. The van der Waals surface area contributed by atoms with E-state index in [1.807, 2.05) is 0 Å². The Morgan fingerprint density at radius 1 is 1.64 bits per heavy atom. The van der Waals surface area contributed by atoms with Crippen LogP contribution < -0.4 is 5.69 Å². The summed E-state index contributed by atoms with van der Waals surface area (Å²) in [4.78, 5) is 11.0. The van der Waals surface area contributed by atoms with Crippen molar-refractivity contribution >= 4 is 0 Å². The SMILES string of the molecule is CC#Cn1cc(O)n(C)c1=O. The second kappa shape index (κ2) is 2.54. The van der Waals surface area contributed by atoms with Crippen LogP contribution in [0.15, 0.2) is 11.0 Å². The molecule has 58 valence electrons. The molecule has 0 saturated carbocycles. The first-order valence-corrected chi connectivity index (χ1v) is 3.07. The van der Waals surface area contributed by atoms with E-state index in [0.29, 0.717) is 0 Å².